The molecule has 1 aromatic rings. The Hall–Kier alpha value is -0.630. The Kier molecular flexibility index (Phi) is 2.01. The van der Waals surface area contributed by atoms with Gasteiger partial charge in [-0.3, -0.25) is 4.98 Å². The van der Waals surface area contributed by atoms with Crippen LogP contribution in [0.1, 0.15) is 5.69 Å². The number of halogens is 1. The van der Waals surface area contributed by atoms with Gasteiger partial charge in [-0.1, -0.05) is 22.5 Å². The van der Waals surface area contributed by atoms with Crippen LogP contribution in [-0.2, 0) is 0 Å². The highest BCUT2D eigenvalue weighted by atomic mass is 79.9. The van der Waals surface area contributed by atoms with Crippen molar-refractivity contribution >= 4 is 22.0 Å². The van der Waals surface area contributed by atoms with Gasteiger partial charge in [0.1, 0.15) is 0 Å². The molecule has 2 heteroatoms. The van der Waals surface area contributed by atoms with Crippen molar-refractivity contribution in [1.82, 2.24) is 4.98 Å². The van der Waals surface area contributed by atoms with Gasteiger partial charge in [0, 0.05) is 10.7 Å². The van der Waals surface area contributed by atoms with Crippen LogP contribution >= 0.6 is 15.9 Å². The second-order valence-corrected chi connectivity index (χ2v) is 2.52. The van der Waals surface area contributed by atoms with Crippen molar-refractivity contribution < 1.29 is 0 Å². The van der Waals surface area contributed by atoms with Crippen LogP contribution < -0.4 is 0 Å². The summed E-state index contributed by atoms with van der Waals surface area (Å²) >= 11 is 3.32. The Balaban J connectivity index is 3.07. The van der Waals surface area contributed by atoms with Crippen molar-refractivity contribution in [3.05, 3.63) is 35.1 Å². The smallest absolute Gasteiger partial charge is 0.0634 e. The summed E-state index contributed by atoms with van der Waals surface area (Å²) in [5, 5.41) is 0. The molecule has 0 aliphatic rings. The zero-order valence-corrected chi connectivity index (χ0v) is 6.43. The molecule has 46 valence electrons. The lowest BCUT2D eigenvalue weighted by Crippen LogP contribution is -1.76. The van der Waals surface area contributed by atoms with Crippen molar-refractivity contribution in [2.45, 2.75) is 0 Å². The van der Waals surface area contributed by atoms with Crippen molar-refractivity contribution in [2.75, 3.05) is 0 Å². The minimum atomic E-state index is 0.893. The Bertz CT molecular complexity index is 220. The molecule has 0 N–H and O–H groups in total. The fraction of sp³-hybridized carbons (Fsp3) is 0. The van der Waals surface area contributed by atoms with Gasteiger partial charge >= 0.3 is 0 Å². The second kappa shape index (κ2) is 2.78. The fourth-order valence-electron chi connectivity index (χ4n) is 0.533. The summed E-state index contributed by atoms with van der Waals surface area (Å²) in [7, 11) is 0. The average molecular weight is 184 g/mol. The number of rotatable bonds is 1. The predicted octanol–water partition coefficient (Wildman–Crippen LogP) is 2.49. The van der Waals surface area contributed by atoms with E-state index >= 15 is 0 Å². The molecule has 0 amide bonds. The highest BCUT2D eigenvalue weighted by molar-refractivity contribution is 9.10. The monoisotopic (exact) mass is 183 g/mol. The third kappa shape index (κ3) is 1.64. The molecule has 0 aliphatic heterocycles. The summed E-state index contributed by atoms with van der Waals surface area (Å²) < 4.78 is 1.03. The highest BCUT2D eigenvalue weighted by Crippen LogP contribution is 2.09. The molecular formula is C7H6BrN. The van der Waals surface area contributed by atoms with E-state index in [2.05, 4.69) is 27.5 Å². The minimum absolute atomic E-state index is 0.893. The molecule has 1 heterocycles. The molecule has 9 heavy (non-hydrogen) atoms. The number of aromatic nitrogens is 1. The lowest BCUT2D eigenvalue weighted by Gasteiger charge is -1.89. The van der Waals surface area contributed by atoms with Crippen LogP contribution in [0, 0.1) is 0 Å². The summed E-state index contributed by atoms with van der Waals surface area (Å²) in [6.07, 6.45) is 3.45. The van der Waals surface area contributed by atoms with E-state index in [-0.39, 0.29) is 0 Å². The third-order valence-electron chi connectivity index (χ3n) is 0.952. The number of pyridine rings is 1. The first-order chi connectivity index (χ1) is 4.33. The van der Waals surface area contributed by atoms with E-state index in [1.165, 1.54) is 0 Å². The quantitative estimate of drug-likeness (QED) is 0.653. The van der Waals surface area contributed by atoms with Crippen LogP contribution in [-0.4, -0.2) is 4.98 Å². The van der Waals surface area contributed by atoms with E-state index in [4.69, 9.17) is 0 Å². The van der Waals surface area contributed by atoms with Crippen LogP contribution in [0.4, 0.5) is 0 Å². The van der Waals surface area contributed by atoms with E-state index in [1.54, 1.807) is 12.3 Å². The number of hydrogen-bond acceptors (Lipinski definition) is 1. The molecule has 0 spiro atoms. The van der Waals surface area contributed by atoms with Gasteiger partial charge in [0.25, 0.3) is 0 Å². The predicted molar refractivity (Wildman–Crippen MR) is 42.0 cm³/mol. The molecule has 1 nitrogen and oxygen atoms in total. The van der Waals surface area contributed by atoms with Crippen LogP contribution in [0.15, 0.2) is 29.4 Å². The van der Waals surface area contributed by atoms with Crippen molar-refractivity contribution in [3.8, 4) is 0 Å². The molecule has 0 aliphatic carbocycles. The molecule has 0 atom stereocenters. The van der Waals surface area contributed by atoms with Crippen LogP contribution in [0.25, 0.3) is 6.08 Å². The maximum absolute atomic E-state index is 4.01. The Labute approximate surface area is 62.6 Å². The molecular weight excluding hydrogens is 178 g/mol. The second-order valence-electron chi connectivity index (χ2n) is 1.60. The molecule has 0 saturated heterocycles. The highest BCUT2D eigenvalue weighted by Gasteiger charge is 1.86. The first-order valence-corrected chi connectivity index (χ1v) is 3.36. The van der Waals surface area contributed by atoms with Crippen LogP contribution in [0.5, 0.6) is 0 Å². The van der Waals surface area contributed by atoms with Crippen LogP contribution in [0.2, 0.25) is 0 Å². The molecule has 0 radical (unpaired) electrons. The van der Waals surface area contributed by atoms with Gasteiger partial charge in [-0.05, 0) is 18.2 Å². The van der Waals surface area contributed by atoms with E-state index in [9.17, 15) is 0 Å². The van der Waals surface area contributed by atoms with Gasteiger partial charge in [-0.25, -0.2) is 0 Å². The number of nitrogens with zero attached hydrogens (tertiary/aromatic N) is 1. The van der Waals surface area contributed by atoms with Gasteiger partial charge < -0.3 is 0 Å². The molecule has 0 saturated carbocycles. The van der Waals surface area contributed by atoms with E-state index in [1.807, 2.05) is 12.1 Å². The van der Waals surface area contributed by atoms with E-state index in [0.29, 0.717) is 0 Å². The van der Waals surface area contributed by atoms with E-state index < -0.39 is 0 Å². The average Bonchev–Trinajstić information content (AvgIpc) is 1.88. The zero-order chi connectivity index (χ0) is 6.69. The van der Waals surface area contributed by atoms with Crippen molar-refractivity contribution in [1.29, 1.82) is 0 Å². The maximum Gasteiger partial charge on any atom is 0.0634 e. The molecule has 0 aromatic carbocycles. The standard InChI is InChI=1S/C7H6BrN/c1-2-7-5-6(8)3-4-9-7/h2-5H,1H2. The summed E-state index contributed by atoms with van der Waals surface area (Å²) in [5.74, 6) is 0. The first kappa shape index (κ1) is 6.49. The minimum Gasteiger partial charge on any atom is -0.257 e. The first-order valence-electron chi connectivity index (χ1n) is 2.57. The normalized spacial score (nSPS) is 9.00. The zero-order valence-electron chi connectivity index (χ0n) is 4.84. The maximum atomic E-state index is 4.01. The van der Waals surface area contributed by atoms with Gasteiger partial charge in [0.05, 0.1) is 5.69 Å². The van der Waals surface area contributed by atoms with Gasteiger partial charge in [0.15, 0.2) is 0 Å². The summed E-state index contributed by atoms with van der Waals surface area (Å²) in [6.45, 7) is 3.59. The third-order valence-corrected chi connectivity index (χ3v) is 1.45. The van der Waals surface area contributed by atoms with Crippen molar-refractivity contribution in [2.24, 2.45) is 0 Å². The molecule has 1 aromatic heterocycles. The lowest BCUT2D eigenvalue weighted by atomic mass is 10.3. The molecule has 0 bridgehead atoms. The van der Waals surface area contributed by atoms with Gasteiger partial charge in [-0.2, -0.15) is 0 Å². The fourth-order valence-corrected chi connectivity index (χ4v) is 0.886. The Morgan fingerprint density at radius 1 is 1.67 bits per heavy atom. The van der Waals surface area contributed by atoms with Crippen LogP contribution in [0.3, 0.4) is 0 Å². The SMILES string of the molecule is C=Cc1cc(Br)ccn1. The van der Waals surface area contributed by atoms with E-state index in [0.717, 1.165) is 10.2 Å². The van der Waals surface area contributed by atoms with Crippen molar-refractivity contribution in [3.63, 3.8) is 0 Å². The Morgan fingerprint density at radius 2 is 2.44 bits per heavy atom. The topological polar surface area (TPSA) is 12.9 Å². The van der Waals surface area contributed by atoms with Gasteiger partial charge in [0.2, 0.25) is 0 Å². The Morgan fingerprint density at radius 3 is 2.89 bits per heavy atom. The molecule has 1 rings (SSSR count). The summed E-state index contributed by atoms with van der Waals surface area (Å²) in [5.41, 5.74) is 0.893. The van der Waals surface area contributed by atoms with Gasteiger partial charge in [-0.15, -0.1) is 0 Å². The summed E-state index contributed by atoms with van der Waals surface area (Å²) in [4.78, 5) is 4.01. The molecule has 0 unspecified atom stereocenters. The largest absolute Gasteiger partial charge is 0.257 e. The molecule has 0 fully saturated rings. The lowest BCUT2D eigenvalue weighted by molar-refractivity contribution is 1.28. The summed E-state index contributed by atoms with van der Waals surface area (Å²) in [6, 6.07) is 3.79. The number of hydrogen-bond donors (Lipinski definition) is 0.